The molecule has 0 saturated heterocycles. The van der Waals surface area contributed by atoms with Crippen molar-refractivity contribution in [2.75, 3.05) is 0 Å². The van der Waals surface area contributed by atoms with Crippen LogP contribution in [-0.4, -0.2) is 23.7 Å². The minimum Gasteiger partial charge on any atom is -0.481 e. The first-order chi connectivity index (χ1) is 9.20. The number of rotatable bonds is 14. The van der Waals surface area contributed by atoms with E-state index >= 15 is 0 Å². The maximum absolute atomic E-state index is 10.5. The van der Waals surface area contributed by atoms with Crippen molar-refractivity contribution in [1.29, 1.82) is 0 Å². The van der Waals surface area contributed by atoms with Crippen LogP contribution in [0.2, 0.25) is 0 Å². The predicted octanol–water partition coefficient (Wildman–Crippen LogP) is 3.92. The van der Waals surface area contributed by atoms with Crippen molar-refractivity contribution in [3.63, 3.8) is 0 Å². The summed E-state index contributed by atoms with van der Waals surface area (Å²) in [6, 6.07) is 0. The maximum Gasteiger partial charge on any atom is 0.307 e. The quantitative estimate of drug-likeness (QED) is 0.384. The van der Waals surface area contributed by atoms with E-state index in [1.807, 2.05) is 0 Å². The molecule has 4 heteroatoms. The zero-order chi connectivity index (χ0) is 14.3. The zero-order valence-corrected chi connectivity index (χ0v) is 12.1. The van der Waals surface area contributed by atoms with Gasteiger partial charge in [-0.05, 0) is 12.8 Å². The summed E-state index contributed by atoms with van der Waals surface area (Å²) in [6.45, 7) is 2.57. The highest BCUT2D eigenvalue weighted by molar-refractivity contribution is 5.67. The summed E-state index contributed by atoms with van der Waals surface area (Å²) in [6.07, 6.45) is 11.1. The number of carboxylic acids is 1. The summed E-state index contributed by atoms with van der Waals surface area (Å²) in [5.41, 5.74) is 0. The van der Waals surface area contributed by atoms with Crippen molar-refractivity contribution in [2.45, 2.75) is 83.7 Å². The smallest absolute Gasteiger partial charge is 0.307 e. The molecule has 0 radical (unpaired) electrons. The van der Waals surface area contributed by atoms with Gasteiger partial charge in [0.15, 0.2) is 0 Å². The summed E-state index contributed by atoms with van der Waals surface area (Å²) in [7, 11) is 0. The lowest BCUT2D eigenvalue weighted by Gasteiger charge is -2.12. The van der Waals surface area contributed by atoms with E-state index in [0.29, 0.717) is 12.9 Å². The molecule has 1 atom stereocenters. The van der Waals surface area contributed by atoms with Crippen LogP contribution in [0.1, 0.15) is 77.6 Å². The molecule has 4 nitrogen and oxygen atoms in total. The second-order valence-electron chi connectivity index (χ2n) is 5.07. The topological polar surface area (TPSA) is 63.6 Å². The van der Waals surface area contributed by atoms with Crippen LogP contribution >= 0.6 is 0 Å². The highest BCUT2D eigenvalue weighted by Gasteiger charge is 2.13. The van der Waals surface area contributed by atoms with Crippen LogP contribution in [0.15, 0.2) is 0 Å². The molecule has 0 rings (SSSR count). The molecule has 0 amide bonds. The number of aliphatic carboxylic acids is 1. The van der Waals surface area contributed by atoms with Gasteiger partial charge in [-0.3, -0.25) is 9.59 Å². The molecular formula is C15H28O4. The van der Waals surface area contributed by atoms with Gasteiger partial charge in [-0.2, -0.15) is 0 Å². The number of hydrogen-bond acceptors (Lipinski definition) is 3. The summed E-state index contributed by atoms with van der Waals surface area (Å²) in [4.78, 5) is 20.8. The minimum atomic E-state index is -0.914. The second-order valence-corrected chi connectivity index (χ2v) is 5.07. The number of carboxylic acid groups (broad SMARTS) is 1. The van der Waals surface area contributed by atoms with E-state index < -0.39 is 12.1 Å². The molecule has 0 aliphatic heterocycles. The van der Waals surface area contributed by atoms with Gasteiger partial charge in [-0.15, -0.1) is 0 Å². The van der Waals surface area contributed by atoms with Gasteiger partial charge in [0, 0.05) is 0 Å². The van der Waals surface area contributed by atoms with Crippen LogP contribution < -0.4 is 0 Å². The molecule has 0 aliphatic rings. The van der Waals surface area contributed by atoms with Gasteiger partial charge in [0.1, 0.15) is 6.10 Å². The van der Waals surface area contributed by atoms with Crippen molar-refractivity contribution < 1.29 is 19.4 Å². The van der Waals surface area contributed by atoms with Crippen LogP contribution in [0.25, 0.3) is 0 Å². The van der Waals surface area contributed by atoms with Crippen molar-refractivity contribution in [3.05, 3.63) is 0 Å². The van der Waals surface area contributed by atoms with Gasteiger partial charge < -0.3 is 9.84 Å². The van der Waals surface area contributed by atoms with Crippen LogP contribution in [0.3, 0.4) is 0 Å². The van der Waals surface area contributed by atoms with Crippen molar-refractivity contribution in [2.24, 2.45) is 0 Å². The summed E-state index contributed by atoms with van der Waals surface area (Å²) in [5, 5.41) is 8.66. The number of unbranched alkanes of at least 4 members (excludes halogenated alkanes) is 8. The van der Waals surface area contributed by atoms with E-state index in [-0.39, 0.29) is 6.42 Å². The third-order valence-electron chi connectivity index (χ3n) is 3.28. The molecule has 0 aromatic rings. The molecular weight excluding hydrogens is 244 g/mol. The van der Waals surface area contributed by atoms with Gasteiger partial charge in [0.25, 0.3) is 6.47 Å². The van der Waals surface area contributed by atoms with Gasteiger partial charge >= 0.3 is 5.97 Å². The average Bonchev–Trinajstić information content (AvgIpc) is 2.36. The molecule has 0 fully saturated rings. The molecule has 112 valence electrons. The van der Waals surface area contributed by atoms with E-state index in [4.69, 9.17) is 9.84 Å². The molecule has 0 saturated carbocycles. The van der Waals surface area contributed by atoms with Crippen LogP contribution in [0, 0.1) is 0 Å². The fourth-order valence-corrected chi connectivity index (χ4v) is 2.17. The Morgan fingerprint density at radius 2 is 1.58 bits per heavy atom. The third-order valence-corrected chi connectivity index (χ3v) is 3.28. The van der Waals surface area contributed by atoms with Crippen LogP contribution in [0.4, 0.5) is 0 Å². The van der Waals surface area contributed by atoms with Crippen LogP contribution in [0.5, 0.6) is 0 Å². The molecule has 0 aromatic heterocycles. The van der Waals surface area contributed by atoms with Gasteiger partial charge in [-0.1, -0.05) is 58.3 Å². The molecule has 0 aromatic carbocycles. The Labute approximate surface area is 116 Å². The van der Waals surface area contributed by atoms with Crippen LogP contribution in [-0.2, 0) is 14.3 Å². The van der Waals surface area contributed by atoms with Crippen molar-refractivity contribution in [3.8, 4) is 0 Å². The lowest BCUT2D eigenvalue weighted by Crippen LogP contribution is -2.16. The zero-order valence-electron chi connectivity index (χ0n) is 12.1. The first-order valence-corrected chi connectivity index (χ1v) is 7.51. The molecule has 0 aliphatic carbocycles. The Kier molecular flexibility index (Phi) is 12.6. The largest absolute Gasteiger partial charge is 0.481 e. The Morgan fingerprint density at radius 1 is 1.05 bits per heavy atom. The monoisotopic (exact) mass is 272 g/mol. The third kappa shape index (κ3) is 13.2. The van der Waals surface area contributed by atoms with Gasteiger partial charge in [0.2, 0.25) is 0 Å². The molecule has 0 heterocycles. The molecule has 1 unspecified atom stereocenters. The first-order valence-electron chi connectivity index (χ1n) is 7.51. The Hall–Kier alpha value is -1.06. The van der Waals surface area contributed by atoms with Gasteiger partial charge in [0.05, 0.1) is 6.42 Å². The molecule has 0 bridgehead atoms. The number of ether oxygens (including phenoxy) is 1. The van der Waals surface area contributed by atoms with Gasteiger partial charge in [-0.25, -0.2) is 0 Å². The summed E-state index contributed by atoms with van der Waals surface area (Å²) < 4.78 is 4.76. The van der Waals surface area contributed by atoms with Crippen molar-refractivity contribution in [1.82, 2.24) is 0 Å². The normalized spacial score (nSPS) is 12.1. The minimum absolute atomic E-state index is 0.0875. The highest BCUT2D eigenvalue weighted by Crippen LogP contribution is 2.13. The fraction of sp³-hybridized carbons (Fsp3) is 0.867. The lowest BCUT2D eigenvalue weighted by molar-refractivity contribution is -0.143. The van der Waals surface area contributed by atoms with E-state index in [0.717, 1.165) is 12.8 Å². The SMILES string of the molecule is CCCCCCCCCCCC(CC(=O)O)OC=O. The Bertz CT molecular complexity index is 228. The lowest BCUT2D eigenvalue weighted by atomic mass is 10.0. The fourth-order valence-electron chi connectivity index (χ4n) is 2.17. The maximum atomic E-state index is 10.5. The standard InChI is InChI=1S/C15H28O4/c1-2-3-4-5-6-7-8-9-10-11-14(19-13-16)12-15(17)18/h13-14H,2-12H2,1H3,(H,17,18). The summed E-state index contributed by atoms with van der Waals surface area (Å²) >= 11 is 0. The number of carbonyl (C=O) groups excluding carboxylic acids is 1. The molecule has 0 spiro atoms. The number of carbonyl (C=O) groups is 2. The van der Waals surface area contributed by atoms with E-state index in [1.165, 1.54) is 44.9 Å². The highest BCUT2D eigenvalue weighted by atomic mass is 16.5. The molecule has 19 heavy (non-hydrogen) atoms. The summed E-state index contributed by atoms with van der Waals surface area (Å²) in [5.74, 6) is -0.914. The Balaban J connectivity index is 3.39. The Morgan fingerprint density at radius 3 is 2.05 bits per heavy atom. The first kappa shape index (κ1) is 17.9. The predicted molar refractivity (Wildman–Crippen MR) is 75.0 cm³/mol. The van der Waals surface area contributed by atoms with E-state index in [2.05, 4.69) is 6.92 Å². The van der Waals surface area contributed by atoms with E-state index in [1.54, 1.807) is 0 Å². The average molecular weight is 272 g/mol. The second kappa shape index (κ2) is 13.4. The molecule has 1 N–H and O–H groups in total. The van der Waals surface area contributed by atoms with Crippen molar-refractivity contribution >= 4 is 12.4 Å². The van der Waals surface area contributed by atoms with E-state index in [9.17, 15) is 9.59 Å². The number of hydrogen-bond donors (Lipinski definition) is 1.